The largest absolute Gasteiger partial charge is 0.165 e. The van der Waals surface area contributed by atoms with Crippen LogP contribution in [0.25, 0.3) is 5.69 Å². The van der Waals surface area contributed by atoms with Gasteiger partial charge in [-0.3, -0.25) is 0 Å². The van der Waals surface area contributed by atoms with E-state index in [1.54, 1.807) is 0 Å². The Balaban J connectivity index is 2.31. The second-order valence-electron chi connectivity index (χ2n) is 5.65. The van der Waals surface area contributed by atoms with Crippen LogP contribution in [0.4, 0.5) is 0 Å². The molecule has 0 N–H and O–H groups in total. The summed E-state index contributed by atoms with van der Waals surface area (Å²) in [5.74, 6) is 0. The summed E-state index contributed by atoms with van der Waals surface area (Å²) in [7, 11) is 0.932. The summed E-state index contributed by atoms with van der Waals surface area (Å²) >= 11 is 0. The minimum Gasteiger partial charge on any atom is -0.137 e. The van der Waals surface area contributed by atoms with Gasteiger partial charge in [-0.2, -0.15) is 0 Å². The Labute approximate surface area is 104 Å². The van der Waals surface area contributed by atoms with E-state index in [0.717, 1.165) is 11.7 Å². The molecule has 0 aliphatic heterocycles. The van der Waals surface area contributed by atoms with Crippen molar-refractivity contribution in [1.82, 2.24) is 9.90 Å². The molecule has 0 radical (unpaired) electrons. The fourth-order valence-corrected chi connectivity index (χ4v) is 3.27. The maximum atomic E-state index is 4.52. The third-order valence-corrected chi connectivity index (χ3v) is 4.07. The van der Waals surface area contributed by atoms with Crippen molar-refractivity contribution < 1.29 is 4.68 Å². The number of rotatable bonds is 3. The van der Waals surface area contributed by atoms with Crippen LogP contribution >= 0.6 is 0 Å². The molecule has 0 saturated carbocycles. The van der Waals surface area contributed by atoms with Crippen molar-refractivity contribution in [2.24, 2.45) is 7.05 Å². The molecular formula is C13H20N3Si+. The number of nitrogens with zero attached hydrogens (tertiary/aromatic N) is 3. The fraction of sp³-hybridized carbons (Fsp3) is 0.385. The van der Waals surface area contributed by atoms with Crippen LogP contribution in [0.2, 0.25) is 19.6 Å². The number of aromatic nitrogens is 3. The summed E-state index contributed by atoms with van der Waals surface area (Å²) in [4.78, 5) is 0. The molecule has 0 fully saturated rings. The highest BCUT2D eigenvalue weighted by Crippen LogP contribution is 2.10. The lowest BCUT2D eigenvalue weighted by molar-refractivity contribution is -0.737. The zero-order chi connectivity index (χ0) is 12.5. The average molecular weight is 246 g/mol. The lowest BCUT2D eigenvalue weighted by Crippen LogP contribution is -2.39. The molecular weight excluding hydrogens is 226 g/mol. The van der Waals surface area contributed by atoms with Crippen molar-refractivity contribution in [3.8, 4) is 5.69 Å². The molecule has 0 unspecified atom stereocenters. The maximum Gasteiger partial charge on any atom is 0.165 e. The summed E-state index contributed by atoms with van der Waals surface area (Å²) in [6.07, 6.45) is 2.15. The van der Waals surface area contributed by atoms with Gasteiger partial charge < -0.3 is 0 Å². The van der Waals surface area contributed by atoms with Crippen LogP contribution < -0.4 is 4.68 Å². The number of benzene rings is 1. The predicted octanol–water partition coefficient (Wildman–Crippen LogP) is 2.12. The van der Waals surface area contributed by atoms with Gasteiger partial charge in [-0.1, -0.05) is 37.8 Å². The molecule has 1 aromatic heterocycles. The summed E-state index contributed by atoms with van der Waals surface area (Å²) in [5, 5.41) is 4.52. The Morgan fingerprint density at radius 1 is 1.18 bits per heavy atom. The second kappa shape index (κ2) is 4.45. The van der Waals surface area contributed by atoms with Crippen molar-refractivity contribution in [3.05, 3.63) is 42.2 Å². The van der Waals surface area contributed by atoms with E-state index in [1.807, 2.05) is 34.6 Å². The zero-order valence-corrected chi connectivity index (χ0v) is 12.0. The third-order valence-electron chi connectivity index (χ3n) is 2.65. The molecule has 2 aromatic rings. The Hall–Kier alpha value is -1.42. The minimum absolute atomic E-state index is 1.09. The first kappa shape index (κ1) is 12.0. The molecule has 90 valence electrons. The van der Waals surface area contributed by atoms with Gasteiger partial charge in [0.2, 0.25) is 0 Å². The maximum absolute atomic E-state index is 4.52. The van der Waals surface area contributed by atoms with Crippen LogP contribution in [0.15, 0.2) is 36.5 Å². The van der Waals surface area contributed by atoms with E-state index in [2.05, 4.69) is 43.2 Å². The summed E-state index contributed by atoms with van der Waals surface area (Å²) in [5.41, 5.74) is 2.43. The third kappa shape index (κ3) is 3.03. The van der Waals surface area contributed by atoms with Crippen molar-refractivity contribution in [2.75, 3.05) is 0 Å². The average Bonchev–Trinajstić information content (AvgIpc) is 2.59. The van der Waals surface area contributed by atoms with Crippen molar-refractivity contribution in [2.45, 2.75) is 25.7 Å². The van der Waals surface area contributed by atoms with Gasteiger partial charge in [0.05, 0.1) is 13.3 Å². The van der Waals surface area contributed by atoms with Gasteiger partial charge in [0.25, 0.3) is 0 Å². The minimum atomic E-state index is -1.09. The monoisotopic (exact) mass is 246 g/mol. The van der Waals surface area contributed by atoms with Gasteiger partial charge >= 0.3 is 0 Å². The van der Waals surface area contributed by atoms with Crippen LogP contribution in [0.1, 0.15) is 5.69 Å². The van der Waals surface area contributed by atoms with E-state index < -0.39 is 8.07 Å². The van der Waals surface area contributed by atoms with Crippen molar-refractivity contribution in [1.29, 1.82) is 0 Å². The van der Waals surface area contributed by atoms with Gasteiger partial charge in [-0.05, 0) is 12.1 Å². The molecule has 0 saturated heterocycles. The lowest BCUT2D eigenvalue weighted by Gasteiger charge is -2.11. The molecule has 1 aromatic carbocycles. The summed E-state index contributed by atoms with van der Waals surface area (Å²) in [6.45, 7) is 7.15. The highest BCUT2D eigenvalue weighted by Gasteiger charge is 2.22. The van der Waals surface area contributed by atoms with Crippen LogP contribution in [0.5, 0.6) is 0 Å². The number of para-hydroxylation sites is 1. The van der Waals surface area contributed by atoms with E-state index in [-0.39, 0.29) is 0 Å². The highest BCUT2D eigenvalue weighted by molar-refractivity contribution is 6.75. The molecule has 2 rings (SSSR count). The van der Waals surface area contributed by atoms with E-state index in [1.165, 1.54) is 5.69 Å². The van der Waals surface area contributed by atoms with E-state index in [4.69, 9.17) is 0 Å². The lowest BCUT2D eigenvalue weighted by atomic mass is 10.3. The van der Waals surface area contributed by atoms with Gasteiger partial charge in [-0.25, -0.2) is 0 Å². The van der Waals surface area contributed by atoms with Gasteiger partial charge in [0.15, 0.2) is 17.6 Å². The Morgan fingerprint density at radius 3 is 2.41 bits per heavy atom. The smallest absolute Gasteiger partial charge is 0.137 e. The van der Waals surface area contributed by atoms with Crippen LogP contribution in [-0.2, 0) is 13.1 Å². The first-order chi connectivity index (χ1) is 7.96. The molecule has 0 aliphatic carbocycles. The molecule has 0 spiro atoms. The first-order valence-electron chi connectivity index (χ1n) is 5.96. The molecule has 0 bridgehead atoms. The van der Waals surface area contributed by atoms with Crippen LogP contribution in [0, 0.1) is 0 Å². The molecule has 3 nitrogen and oxygen atoms in total. The zero-order valence-electron chi connectivity index (χ0n) is 11.0. The molecule has 0 amide bonds. The standard InChI is InChI=1S/C13H20N3Si/c1-15-13(11-17(2,3)4)10-16(14-15)12-8-6-5-7-9-12/h5-10H,11H2,1-4H3/q+1. The Kier molecular flexibility index (Phi) is 3.15. The van der Waals surface area contributed by atoms with Crippen molar-refractivity contribution in [3.63, 3.8) is 0 Å². The fourth-order valence-electron chi connectivity index (χ4n) is 1.86. The molecule has 4 heteroatoms. The number of aryl methyl sites for hydroxylation is 1. The summed E-state index contributed by atoms with van der Waals surface area (Å²) < 4.78 is 3.95. The first-order valence-corrected chi connectivity index (χ1v) is 9.67. The van der Waals surface area contributed by atoms with E-state index in [0.29, 0.717) is 0 Å². The van der Waals surface area contributed by atoms with Gasteiger partial charge in [0.1, 0.15) is 7.05 Å². The van der Waals surface area contributed by atoms with Gasteiger partial charge in [-0.15, -0.1) is 9.36 Å². The molecule has 17 heavy (non-hydrogen) atoms. The van der Waals surface area contributed by atoms with Crippen LogP contribution in [-0.4, -0.2) is 18.0 Å². The summed E-state index contributed by atoms with van der Waals surface area (Å²) in [6, 6.07) is 11.4. The normalized spacial score (nSPS) is 11.8. The topological polar surface area (TPSA) is 21.7 Å². The quantitative estimate of drug-likeness (QED) is 0.600. The molecule has 0 aliphatic rings. The predicted molar refractivity (Wildman–Crippen MR) is 71.8 cm³/mol. The van der Waals surface area contributed by atoms with Gasteiger partial charge in [0, 0.05) is 6.04 Å². The highest BCUT2D eigenvalue weighted by atomic mass is 28.3. The van der Waals surface area contributed by atoms with Crippen molar-refractivity contribution >= 4 is 8.07 Å². The SMILES string of the molecule is C[n+]1nn(-c2ccccc2)cc1C[Si](C)(C)C. The Bertz CT molecular complexity index is 497. The molecule has 0 atom stereocenters. The van der Waals surface area contributed by atoms with E-state index in [9.17, 15) is 0 Å². The second-order valence-corrected chi connectivity index (χ2v) is 11.1. The molecule has 1 heterocycles. The Morgan fingerprint density at radius 2 is 1.82 bits per heavy atom. The van der Waals surface area contributed by atoms with Crippen LogP contribution in [0.3, 0.4) is 0 Å². The number of hydrogen-bond donors (Lipinski definition) is 0. The van der Waals surface area contributed by atoms with E-state index >= 15 is 0 Å². The number of hydrogen-bond acceptors (Lipinski definition) is 1.